The molecule has 1 aromatic heterocycles. The number of likely N-dealkylation sites (tertiary alicyclic amines) is 1. The van der Waals surface area contributed by atoms with Crippen LogP contribution in [0, 0.1) is 5.92 Å². The van der Waals surface area contributed by atoms with Gasteiger partial charge in [-0.25, -0.2) is 4.68 Å². The number of nitrogens with zero attached hydrogens (tertiary/aromatic N) is 5. The molecule has 0 aromatic carbocycles. The van der Waals surface area contributed by atoms with Gasteiger partial charge in [0.25, 0.3) is 0 Å². The molecule has 2 fully saturated rings. The van der Waals surface area contributed by atoms with Gasteiger partial charge in [0.05, 0.1) is 17.9 Å². The van der Waals surface area contributed by atoms with E-state index in [1.54, 1.807) is 0 Å². The minimum Gasteiger partial charge on any atom is -0.343 e. The Morgan fingerprint density at radius 3 is 2.87 bits per heavy atom. The average molecular weight is 320 g/mol. The summed E-state index contributed by atoms with van der Waals surface area (Å²) in [6, 6.07) is 0.480. The van der Waals surface area contributed by atoms with Crippen molar-refractivity contribution in [1.29, 1.82) is 0 Å². The molecule has 3 heterocycles. The minimum atomic E-state index is 0.294. The van der Waals surface area contributed by atoms with E-state index in [1.807, 2.05) is 16.5 Å². The Hall–Kier alpha value is -1.47. The van der Waals surface area contributed by atoms with Crippen molar-refractivity contribution in [3.63, 3.8) is 0 Å². The van der Waals surface area contributed by atoms with Gasteiger partial charge in [0.1, 0.15) is 0 Å². The molecule has 1 amide bonds. The molecular formula is C16H28N6O. The number of nitrogens with one attached hydrogen (secondary N) is 1. The highest BCUT2D eigenvalue weighted by molar-refractivity contribution is 5.78. The molecule has 7 heteroatoms. The van der Waals surface area contributed by atoms with Crippen LogP contribution in [0.25, 0.3) is 0 Å². The topological polar surface area (TPSA) is 66.3 Å². The summed E-state index contributed by atoms with van der Waals surface area (Å²) in [5, 5.41) is 12.0. The number of rotatable bonds is 6. The second kappa shape index (κ2) is 7.40. The van der Waals surface area contributed by atoms with Gasteiger partial charge >= 0.3 is 0 Å². The van der Waals surface area contributed by atoms with Crippen molar-refractivity contribution in [2.24, 2.45) is 5.92 Å². The molecule has 0 bridgehead atoms. The molecule has 0 radical (unpaired) electrons. The van der Waals surface area contributed by atoms with Crippen LogP contribution >= 0.6 is 0 Å². The van der Waals surface area contributed by atoms with Gasteiger partial charge in [0.15, 0.2) is 0 Å². The minimum absolute atomic E-state index is 0.294. The molecule has 1 aromatic rings. The van der Waals surface area contributed by atoms with Crippen LogP contribution in [-0.4, -0.2) is 70.5 Å². The predicted molar refractivity (Wildman–Crippen MR) is 87.9 cm³/mol. The maximum atomic E-state index is 11.8. The molecule has 128 valence electrons. The van der Waals surface area contributed by atoms with Crippen LogP contribution in [0.4, 0.5) is 0 Å². The molecule has 1 N–H and O–H groups in total. The first-order chi connectivity index (χ1) is 11.2. The number of hydrogen-bond acceptors (Lipinski definition) is 5. The van der Waals surface area contributed by atoms with Gasteiger partial charge < -0.3 is 15.1 Å². The first kappa shape index (κ1) is 16.4. The van der Waals surface area contributed by atoms with Gasteiger partial charge in [0, 0.05) is 32.6 Å². The fourth-order valence-electron chi connectivity index (χ4n) is 3.70. The fraction of sp³-hybridized carbons (Fsp3) is 0.812. The summed E-state index contributed by atoms with van der Waals surface area (Å²) < 4.78 is 2.03. The number of hydrogen-bond donors (Lipinski definition) is 1. The van der Waals surface area contributed by atoms with Crippen molar-refractivity contribution in [2.45, 2.75) is 38.8 Å². The molecule has 0 saturated carbocycles. The van der Waals surface area contributed by atoms with Crippen LogP contribution in [0.15, 0.2) is 6.20 Å². The van der Waals surface area contributed by atoms with Crippen molar-refractivity contribution in [3.05, 3.63) is 11.9 Å². The molecule has 3 rings (SSSR count). The number of aromatic nitrogens is 3. The van der Waals surface area contributed by atoms with E-state index < -0.39 is 0 Å². The third kappa shape index (κ3) is 4.09. The lowest BCUT2D eigenvalue weighted by molar-refractivity contribution is -0.127. The highest BCUT2D eigenvalue weighted by Crippen LogP contribution is 2.20. The molecule has 0 aliphatic carbocycles. The van der Waals surface area contributed by atoms with E-state index in [2.05, 4.69) is 33.8 Å². The molecule has 2 aliphatic heterocycles. The summed E-state index contributed by atoms with van der Waals surface area (Å²) in [7, 11) is 2.10. The Labute approximate surface area is 138 Å². The summed E-state index contributed by atoms with van der Waals surface area (Å²) in [4.78, 5) is 16.0. The number of amides is 1. The van der Waals surface area contributed by atoms with Crippen molar-refractivity contribution in [3.8, 4) is 0 Å². The Bertz CT molecular complexity index is 524. The van der Waals surface area contributed by atoms with Crippen LogP contribution in [-0.2, 0) is 11.3 Å². The van der Waals surface area contributed by atoms with E-state index in [-0.39, 0.29) is 0 Å². The van der Waals surface area contributed by atoms with E-state index in [9.17, 15) is 4.79 Å². The van der Waals surface area contributed by atoms with Crippen molar-refractivity contribution in [2.75, 3.05) is 39.8 Å². The summed E-state index contributed by atoms with van der Waals surface area (Å²) in [5.41, 5.74) is 1.02. The summed E-state index contributed by atoms with van der Waals surface area (Å²) >= 11 is 0. The van der Waals surface area contributed by atoms with Crippen LogP contribution in [0.3, 0.4) is 0 Å². The third-order valence-corrected chi connectivity index (χ3v) is 4.92. The SMILES string of the molecule is CCN1CC(CN(C)Cc2cn(C3CCNCC3)nn2)CC1=O. The molecular weight excluding hydrogens is 292 g/mol. The molecule has 7 nitrogen and oxygen atoms in total. The first-order valence-electron chi connectivity index (χ1n) is 8.73. The average Bonchev–Trinajstić information content (AvgIpc) is 3.14. The van der Waals surface area contributed by atoms with Gasteiger partial charge in [-0.2, -0.15) is 0 Å². The molecule has 1 atom stereocenters. The van der Waals surface area contributed by atoms with Gasteiger partial charge in [-0.15, -0.1) is 5.10 Å². The Morgan fingerprint density at radius 1 is 1.39 bits per heavy atom. The van der Waals surface area contributed by atoms with E-state index in [4.69, 9.17) is 0 Å². The lowest BCUT2D eigenvalue weighted by atomic mass is 10.1. The Morgan fingerprint density at radius 2 is 2.17 bits per heavy atom. The standard InChI is InChI=1S/C16H28N6O/c1-3-21-10-13(8-16(21)23)9-20(2)11-14-12-22(19-18-14)15-4-6-17-7-5-15/h12-13,15,17H,3-11H2,1-2H3. The van der Waals surface area contributed by atoms with Gasteiger partial charge in [-0.05, 0) is 45.8 Å². The smallest absolute Gasteiger partial charge is 0.222 e. The predicted octanol–water partition coefficient (Wildman–Crippen LogP) is 0.503. The summed E-state index contributed by atoms with van der Waals surface area (Å²) in [6.07, 6.45) is 5.01. The highest BCUT2D eigenvalue weighted by Gasteiger charge is 2.29. The molecule has 23 heavy (non-hydrogen) atoms. The highest BCUT2D eigenvalue weighted by atomic mass is 16.2. The van der Waals surface area contributed by atoms with E-state index >= 15 is 0 Å². The van der Waals surface area contributed by atoms with Gasteiger partial charge in [-0.3, -0.25) is 4.79 Å². The molecule has 2 aliphatic rings. The second-order valence-corrected chi connectivity index (χ2v) is 6.87. The van der Waals surface area contributed by atoms with Crippen molar-refractivity contribution in [1.82, 2.24) is 30.1 Å². The molecule has 1 unspecified atom stereocenters. The third-order valence-electron chi connectivity index (χ3n) is 4.92. The lowest BCUT2D eigenvalue weighted by Gasteiger charge is -2.22. The zero-order valence-electron chi connectivity index (χ0n) is 14.2. The number of piperidine rings is 1. The zero-order chi connectivity index (χ0) is 16.2. The van der Waals surface area contributed by atoms with Gasteiger partial charge in [-0.1, -0.05) is 5.21 Å². The fourth-order valence-corrected chi connectivity index (χ4v) is 3.70. The monoisotopic (exact) mass is 320 g/mol. The number of carbonyl (C=O) groups is 1. The largest absolute Gasteiger partial charge is 0.343 e. The van der Waals surface area contributed by atoms with E-state index in [0.29, 0.717) is 24.3 Å². The van der Waals surface area contributed by atoms with Crippen molar-refractivity contribution >= 4 is 5.91 Å². The molecule has 0 spiro atoms. The van der Waals surface area contributed by atoms with Gasteiger partial charge in [0.2, 0.25) is 5.91 Å². The first-order valence-corrected chi connectivity index (χ1v) is 8.73. The van der Waals surface area contributed by atoms with Crippen LogP contribution in [0.2, 0.25) is 0 Å². The van der Waals surface area contributed by atoms with E-state index in [1.165, 1.54) is 0 Å². The Balaban J connectivity index is 1.49. The molecule has 2 saturated heterocycles. The Kier molecular flexibility index (Phi) is 5.27. The normalized spacial score (nSPS) is 23.2. The quantitative estimate of drug-likeness (QED) is 0.827. The zero-order valence-corrected chi connectivity index (χ0v) is 14.2. The van der Waals surface area contributed by atoms with Crippen LogP contribution in [0.5, 0.6) is 0 Å². The van der Waals surface area contributed by atoms with Crippen molar-refractivity contribution < 1.29 is 4.79 Å². The maximum Gasteiger partial charge on any atom is 0.222 e. The second-order valence-electron chi connectivity index (χ2n) is 6.87. The summed E-state index contributed by atoms with van der Waals surface area (Å²) in [5.74, 6) is 0.731. The van der Waals surface area contributed by atoms with Crippen LogP contribution < -0.4 is 5.32 Å². The number of carbonyl (C=O) groups excluding carboxylic acids is 1. The lowest BCUT2D eigenvalue weighted by Crippen LogP contribution is -2.29. The van der Waals surface area contributed by atoms with Crippen LogP contribution in [0.1, 0.15) is 37.9 Å². The van der Waals surface area contributed by atoms with E-state index in [0.717, 1.165) is 57.8 Å². The summed E-state index contributed by atoms with van der Waals surface area (Å²) in [6.45, 7) is 7.60. The maximum absolute atomic E-state index is 11.8.